The van der Waals surface area contributed by atoms with Crippen LogP contribution in [-0.4, -0.2) is 11.5 Å². The molecule has 0 radical (unpaired) electrons. The summed E-state index contributed by atoms with van der Waals surface area (Å²) in [5.74, 6) is -0.211. The summed E-state index contributed by atoms with van der Waals surface area (Å²) in [4.78, 5) is 4.29. The molecule has 2 nitrogen and oxygen atoms in total. The second-order valence-electron chi connectivity index (χ2n) is 4.80. The normalized spacial score (nSPS) is 10.5. The predicted molar refractivity (Wildman–Crippen MR) is 77.9 cm³/mol. The molecule has 0 amide bonds. The highest BCUT2D eigenvalue weighted by molar-refractivity contribution is 5.68. The van der Waals surface area contributed by atoms with Crippen molar-refractivity contribution in [2.24, 2.45) is 0 Å². The van der Waals surface area contributed by atoms with Gasteiger partial charge in [-0.15, -0.1) is 0 Å². The minimum absolute atomic E-state index is 0.211. The van der Waals surface area contributed by atoms with E-state index < -0.39 is 0 Å². The molecule has 1 aromatic carbocycles. The lowest BCUT2D eigenvalue weighted by molar-refractivity contribution is 0.628. The van der Waals surface area contributed by atoms with Gasteiger partial charge < -0.3 is 5.32 Å². The lowest BCUT2D eigenvalue weighted by Gasteiger charge is -2.10. The highest BCUT2D eigenvalue weighted by Gasteiger charge is 2.11. The molecule has 1 aromatic heterocycles. The zero-order valence-electron chi connectivity index (χ0n) is 11.6. The molecule has 3 heteroatoms. The molecular formula is C16H19FN2. The lowest BCUT2D eigenvalue weighted by Crippen LogP contribution is -2.01. The number of pyridine rings is 1. The smallest absolute Gasteiger partial charge is 0.133 e. The van der Waals surface area contributed by atoms with E-state index in [2.05, 4.69) is 17.2 Å². The number of aryl methyl sites for hydroxylation is 2. The van der Waals surface area contributed by atoms with Crippen LogP contribution in [-0.2, 0) is 0 Å². The van der Waals surface area contributed by atoms with Gasteiger partial charge in [0.05, 0.1) is 5.69 Å². The van der Waals surface area contributed by atoms with Gasteiger partial charge in [-0.3, -0.25) is 4.98 Å². The summed E-state index contributed by atoms with van der Waals surface area (Å²) in [6.07, 6.45) is 2.77. The molecule has 100 valence electrons. The van der Waals surface area contributed by atoms with E-state index in [0.717, 1.165) is 29.8 Å². The zero-order chi connectivity index (χ0) is 13.8. The Hall–Kier alpha value is -1.90. The number of anilines is 1. The fourth-order valence-corrected chi connectivity index (χ4v) is 2.19. The third kappa shape index (κ3) is 3.11. The number of hydrogen-bond donors (Lipinski definition) is 1. The van der Waals surface area contributed by atoms with Gasteiger partial charge in [0.2, 0.25) is 0 Å². The van der Waals surface area contributed by atoms with Gasteiger partial charge in [-0.05, 0) is 49.6 Å². The van der Waals surface area contributed by atoms with Crippen LogP contribution in [0.15, 0.2) is 30.5 Å². The lowest BCUT2D eigenvalue weighted by atomic mass is 10.0. The van der Waals surface area contributed by atoms with Gasteiger partial charge in [-0.2, -0.15) is 0 Å². The molecule has 0 aliphatic carbocycles. The fourth-order valence-electron chi connectivity index (χ4n) is 2.19. The Morgan fingerprint density at radius 3 is 2.68 bits per heavy atom. The topological polar surface area (TPSA) is 24.9 Å². The van der Waals surface area contributed by atoms with Crippen molar-refractivity contribution < 1.29 is 4.39 Å². The van der Waals surface area contributed by atoms with Gasteiger partial charge in [0, 0.05) is 24.0 Å². The van der Waals surface area contributed by atoms with Crippen LogP contribution < -0.4 is 5.32 Å². The van der Waals surface area contributed by atoms with E-state index in [1.165, 1.54) is 0 Å². The van der Waals surface area contributed by atoms with E-state index in [9.17, 15) is 4.39 Å². The first-order valence-electron chi connectivity index (χ1n) is 6.59. The van der Waals surface area contributed by atoms with Crippen molar-refractivity contribution >= 4 is 5.69 Å². The van der Waals surface area contributed by atoms with Gasteiger partial charge in [-0.1, -0.05) is 13.0 Å². The Morgan fingerprint density at radius 1 is 1.21 bits per heavy atom. The molecule has 2 rings (SSSR count). The Kier molecular flexibility index (Phi) is 4.15. The van der Waals surface area contributed by atoms with Crippen molar-refractivity contribution in [3.63, 3.8) is 0 Å². The van der Waals surface area contributed by atoms with Crippen molar-refractivity contribution in [2.45, 2.75) is 27.2 Å². The van der Waals surface area contributed by atoms with Crippen LogP contribution in [0.4, 0.5) is 10.1 Å². The summed E-state index contributed by atoms with van der Waals surface area (Å²) in [6.45, 7) is 6.82. The molecule has 19 heavy (non-hydrogen) atoms. The van der Waals surface area contributed by atoms with Crippen LogP contribution >= 0.6 is 0 Å². The van der Waals surface area contributed by atoms with Crippen LogP contribution in [0.3, 0.4) is 0 Å². The number of benzene rings is 1. The van der Waals surface area contributed by atoms with Crippen LogP contribution in [0.2, 0.25) is 0 Å². The third-order valence-electron chi connectivity index (χ3n) is 3.03. The van der Waals surface area contributed by atoms with Gasteiger partial charge in [-0.25, -0.2) is 4.39 Å². The van der Waals surface area contributed by atoms with Gasteiger partial charge in [0.15, 0.2) is 0 Å². The Labute approximate surface area is 113 Å². The summed E-state index contributed by atoms with van der Waals surface area (Å²) in [6, 6.07) is 7.33. The van der Waals surface area contributed by atoms with Crippen LogP contribution in [0.1, 0.15) is 24.5 Å². The Bertz CT molecular complexity index is 556. The van der Waals surface area contributed by atoms with Crippen molar-refractivity contribution in [1.82, 2.24) is 4.98 Å². The molecule has 0 unspecified atom stereocenters. The molecule has 0 saturated carbocycles. The molecule has 2 aromatic rings. The number of nitrogens with one attached hydrogen (secondary N) is 1. The first kappa shape index (κ1) is 13.5. The first-order valence-corrected chi connectivity index (χ1v) is 6.59. The summed E-state index contributed by atoms with van der Waals surface area (Å²) in [7, 11) is 0. The van der Waals surface area contributed by atoms with E-state index in [1.807, 2.05) is 32.0 Å². The quantitative estimate of drug-likeness (QED) is 0.883. The number of nitrogens with zero attached hydrogens (tertiary/aromatic N) is 1. The molecule has 0 atom stereocenters. The van der Waals surface area contributed by atoms with Crippen molar-refractivity contribution in [3.8, 4) is 11.3 Å². The molecule has 1 N–H and O–H groups in total. The average molecular weight is 258 g/mol. The number of aromatic nitrogens is 1. The zero-order valence-corrected chi connectivity index (χ0v) is 11.6. The molecule has 0 bridgehead atoms. The van der Waals surface area contributed by atoms with Crippen molar-refractivity contribution in [2.75, 3.05) is 11.9 Å². The van der Waals surface area contributed by atoms with Crippen LogP contribution in [0.25, 0.3) is 11.3 Å². The van der Waals surface area contributed by atoms with Crippen molar-refractivity contribution in [3.05, 3.63) is 47.4 Å². The molecular weight excluding hydrogens is 239 g/mol. The molecule has 0 aliphatic heterocycles. The number of halogens is 1. The second-order valence-corrected chi connectivity index (χ2v) is 4.80. The summed E-state index contributed by atoms with van der Waals surface area (Å²) in [5.41, 5.74) is 4.09. The first-order chi connectivity index (χ1) is 9.11. The van der Waals surface area contributed by atoms with Gasteiger partial charge in [0.1, 0.15) is 5.82 Å². The highest BCUT2D eigenvalue weighted by Crippen LogP contribution is 2.27. The Balaban J connectivity index is 2.42. The van der Waals surface area contributed by atoms with E-state index in [4.69, 9.17) is 0 Å². The predicted octanol–water partition coefficient (Wildman–Crippen LogP) is 4.33. The minimum atomic E-state index is -0.211. The second kappa shape index (κ2) is 5.83. The van der Waals surface area contributed by atoms with Crippen LogP contribution in [0, 0.1) is 19.7 Å². The molecule has 0 aliphatic rings. The Morgan fingerprint density at radius 2 is 2.00 bits per heavy atom. The van der Waals surface area contributed by atoms with Crippen molar-refractivity contribution in [1.29, 1.82) is 0 Å². The maximum atomic E-state index is 14.1. The average Bonchev–Trinajstić information content (AvgIpc) is 2.35. The van der Waals surface area contributed by atoms with Gasteiger partial charge in [0.25, 0.3) is 0 Å². The molecule has 0 spiro atoms. The summed E-state index contributed by atoms with van der Waals surface area (Å²) >= 11 is 0. The number of hydrogen-bond acceptors (Lipinski definition) is 2. The van der Waals surface area contributed by atoms with Crippen LogP contribution in [0.5, 0.6) is 0 Å². The number of rotatable bonds is 4. The highest BCUT2D eigenvalue weighted by atomic mass is 19.1. The summed E-state index contributed by atoms with van der Waals surface area (Å²) in [5, 5.41) is 3.29. The standard InChI is InChI=1S/C16H19FN2/c1-4-6-18-13-5-7-19-15(10-13)16-12(3)8-11(2)9-14(16)17/h5,7-10H,4,6H2,1-3H3,(H,18,19). The molecule has 0 saturated heterocycles. The maximum absolute atomic E-state index is 14.1. The SMILES string of the molecule is CCCNc1ccnc(-c2c(C)cc(C)cc2F)c1. The molecule has 1 heterocycles. The summed E-state index contributed by atoms with van der Waals surface area (Å²) < 4.78 is 14.1. The molecule has 0 fully saturated rings. The van der Waals surface area contributed by atoms with E-state index in [1.54, 1.807) is 12.3 Å². The minimum Gasteiger partial charge on any atom is -0.385 e. The van der Waals surface area contributed by atoms with E-state index >= 15 is 0 Å². The maximum Gasteiger partial charge on any atom is 0.133 e. The monoisotopic (exact) mass is 258 g/mol. The third-order valence-corrected chi connectivity index (χ3v) is 3.03. The van der Waals surface area contributed by atoms with E-state index in [0.29, 0.717) is 11.3 Å². The largest absolute Gasteiger partial charge is 0.385 e. The van der Waals surface area contributed by atoms with Gasteiger partial charge >= 0.3 is 0 Å². The van der Waals surface area contributed by atoms with E-state index in [-0.39, 0.29) is 5.82 Å². The fraction of sp³-hybridized carbons (Fsp3) is 0.312.